The zero-order valence-corrected chi connectivity index (χ0v) is 12.5. The van der Waals surface area contributed by atoms with Crippen LogP contribution in [-0.2, 0) is 0 Å². The van der Waals surface area contributed by atoms with Gasteiger partial charge in [0, 0.05) is 11.4 Å². The lowest BCUT2D eigenvalue weighted by Gasteiger charge is -2.09. The molecule has 0 aliphatic rings. The van der Waals surface area contributed by atoms with Crippen LogP contribution in [0, 0.1) is 18.3 Å². The Morgan fingerprint density at radius 2 is 1.78 bits per heavy atom. The van der Waals surface area contributed by atoms with Gasteiger partial charge >= 0.3 is 0 Å². The molecule has 2 aromatic carbocycles. The van der Waals surface area contributed by atoms with Crippen molar-refractivity contribution in [2.45, 2.75) is 6.92 Å². The standard InChI is InChI=1S/C17H14N6/c1-12-4-2-3-5-15(12)21-17-22-16(11-19-23-17)20-14-8-6-13(10-18)7-9-14/h2-9,11H,1H3,(H2,20,21,22,23). The Hall–Kier alpha value is -3.46. The van der Waals surface area contributed by atoms with E-state index < -0.39 is 0 Å². The zero-order chi connectivity index (χ0) is 16.1. The van der Waals surface area contributed by atoms with E-state index in [1.807, 2.05) is 43.3 Å². The van der Waals surface area contributed by atoms with Gasteiger partial charge in [0.1, 0.15) is 0 Å². The number of aryl methyl sites for hydroxylation is 1. The van der Waals surface area contributed by atoms with Crippen LogP contribution < -0.4 is 10.6 Å². The molecule has 6 heteroatoms. The Kier molecular flexibility index (Phi) is 4.11. The van der Waals surface area contributed by atoms with Gasteiger partial charge in [-0.05, 0) is 42.8 Å². The molecular weight excluding hydrogens is 288 g/mol. The van der Waals surface area contributed by atoms with Gasteiger partial charge in [0.05, 0.1) is 17.8 Å². The second-order valence-corrected chi connectivity index (χ2v) is 4.92. The van der Waals surface area contributed by atoms with Crippen LogP contribution in [0.5, 0.6) is 0 Å². The van der Waals surface area contributed by atoms with Crippen molar-refractivity contribution in [2.24, 2.45) is 0 Å². The summed E-state index contributed by atoms with van der Waals surface area (Å²) in [6.45, 7) is 2.01. The Balaban J connectivity index is 1.77. The van der Waals surface area contributed by atoms with E-state index in [1.54, 1.807) is 18.3 Å². The molecule has 0 saturated heterocycles. The van der Waals surface area contributed by atoms with Crippen LogP contribution in [0.2, 0.25) is 0 Å². The van der Waals surface area contributed by atoms with E-state index in [-0.39, 0.29) is 0 Å². The molecule has 0 radical (unpaired) electrons. The van der Waals surface area contributed by atoms with E-state index in [0.717, 1.165) is 16.9 Å². The van der Waals surface area contributed by atoms with Crippen molar-refractivity contribution in [1.82, 2.24) is 15.2 Å². The van der Waals surface area contributed by atoms with Crippen molar-refractivity contribution in [1.29, 1.82) is 5.26 Å². The van der Waals surface area contributed by atoms with Gasteiger partial charge in [0.2, 0.25) is 5.95 Å². The van der Waals surface area contributed by atoms with E-state index in [1.165, 1.54) is 0 Å². The maximum atomic E-state index is 8.81. The van der Waals surface area contributed by atoms with Crippen molar-refractivity contribution in [3.63, 3.8) is 0 Å². The lowest BCUT2D eigenvalue weighted by Crippen LogP contribution is -2.03. The summed E-state index contributed by atoms with van der Waals surface area (Å²) in [4.78, 5) is 4.39. The molecule has 3 rings (SSSR count). The summed E-state index contributed by atoms with van der Waals surface area (Å²) < 4.78 is 0. The van der Waals surface area contributed by atoms with E-state index in [4.69, 9.17) is 5.26 Å². The molecule has 6 nitrogen and oxygen atoms in total. The lowest BCUT2D eigenvalue weighted by molar-refractivity contribution is 0.982. The van der Waals surface area contributed by atoms with Crippen molar-refractivity contribution < 1.29 is 0 Å². The molecule has 0 bridgehead atoms. The number of para-hydroxylation sites is 1. The number of hydrogen-bond donors (Lipinski definition) is 2. The van der Waals surface area contributed by atoms with Gasteiger partial charge in [-0.15, -0.1) is 5.10 Å². The Morgan fingerprint density at radius 3 is 2.52 bits per heavy atom. The van der Waals surface area contributed by atoms with Gasteiger partial charge < -0.3 is 10.6 Å². The van der Waals surface area contributed by atoms with E-state index >= 15 is 0 Å². The number of benzene rings is 2. The highest BCUT2D eigenvalue weighted by Gasteiger charge is 2.03. The van der Waals surface area contributed by atoms with Crippen molar-refractivity contribution in [3.05, 3.63) is 65.9 Å². The number of nitrogens with zero attached hydrogens (tertiary/aromatic N) is 4. The molecule has 112 valence electrons. The molecule has 0 atom stereocenters. The van der Waals surface area contributed by atoms with Crippen molar-refractivity contribution in [3.8, 4) is 6.07 Å². The third-order valence-corrected chi connectivity index (χ3v) is 3.24. The fourth-order valence-electron chi connectivity index (χ4n) is 2.03. The first kappa shape index (κ1) is 14.5. The second-order valence-electron chi connectivity index (χ2n) is 4.92. The number of anilines is 4. The molecule has 3 aromatic rings. The normalized spacial score (nSPS) is 9.91. The van der Waals surface area contributed by atoms with Gasteiger partial charge in [-0.1, -0.05) is 18.2 Å². The molecule has 0 aliphatic carbocycles. The SMILES string of the molecule is Cc1ccccc1Nc1nncc(Nc2ccc(C#N)cc2)n1. The molecule has 0 saturated carbocycles. The van der Waals surface area contributed by atoms with E-state index in [0.29, 0.717) is 17.3 Å². The lowest BCUT2D eigenvalue weighted by atomic mass is 10.2. The highest BCUT2D eigenvalue weighted by Crippen LogP contribution is 2.19. The molecule has 0 unspecified atom stereocenters. The minimum Gasteiger partial charge on any atom is -0.339 e. The number of aromatic nitrogens is 3. The monoisotopic (exact) mass is 302 g/mol. The third-order valence-electron chi connectivity index (χ3n) is 3.24. The second kappa shape index (κ2) is 6.54. The summed E-state index contributed by atoms with van der Waals surface area (Å²) in [6, 6.07) is 17.1. The average molecular weight is 302 g/mol. The summed E-state index contributed by atoms with van der Waals surface area (Å²) >= 11 is 0. The topological polar surface area (TPSA) is 86.5 Å². The largest absolute Gasteiger partial charge is 0.339 e. The molecular formula is C17H14N6. The molecule has 0 spiro atoms. The highest BCUT2D eigenvalue weighted by atomic mass is 15.3. The van der Waals surface area contributed by atoms with Gasteiger partial charge in [0.15, 0.2) is 5.82 Å². The van der Waals surface area contributed by atoms with Gasteiger partial charge in [-0.2, -0.15) is 15.3 Å². The first-order valence-corrected chi connectivity index (χ1v) is 7.04. The minimum absolute atomic E-state index is 0.415. The van der Waals surface area contributed by atoms with Crippen LogP contribution in [0.1, 0.15) is 11.1 Å². The van der Waals surface area contributed by atoms with Crippen molar-refractivity contribution in [2.75, 3.05) is 10.6 Å². The molecule has 23 heavy (non-hydrogen) atoms. The molecule has 1 heterocycles. The summed E-state index contributed by atoms with van der Waals surface area (Å²) in [5.74, 6) is 0.985. The first-order valence-electron chi connectivity index (χ1n) is 7.04. The molecule has 1 aromatic heterocycles. The summed E-state index contributed by atoms with van der Waals surface area (Å²) in [7, 11) is 0. The first-order chi connectivity index (χ1) is 11.2. The Labute approximate surface area is 133 Å². The summed E-state index contributed by atoms with van der Waals surface area (Å²) in [6.07, 6.45) is 1.54. The van der Waals surface area contributed by atoms with Crippen LogP contribution in [-0.4, -0.2) is 15.2 Å². The third kappa shape index (κ3) is 3.60. The maximum absolute atomic E-state index is 8.81. The number of rotatable bonds is 4. The summed E-state index contributed by atoms with van der Waals surface area (Å²) in [5.41, 5.74) is 3.47. The van der Waals surface area contributed by atoms with Gasteiger partial charge in [-0.3, -0.25) is 0 Å². The van der Waals surface area contributed by atoms with Gasteiger partial charge in [-0.25, -0.2) is 0 Å². The van der Waals surface area contributed by atoms with Crippen LogP contribution in [0.15, 0.2) is 54.7 Å². The predicted molar refractivity (Wildman–Crippen MR) is 88.7 cm³/mol. The quantitative estimate of drug-likeness (QED) is 0.766. The fourth-order valence-corrected chi connectivity index (χ4v) is 2.03. The maximum Gasteiger partial charge on any atom is 0.249 e. The Bertz CT molecular complexity index is 851. The number of nitriles is 1. The highest BCUT2D eigenvalue weighted by molar-refractivity contribution is 5.61. The van der Waals surface area contributed by atoms with Crippen LogP contribution in [0.4, 0.5) is 23.1 Å². The van der Waals surface area contributed by atoms with E-state index in [9.17, 15) is 0 Å². The number of hydrogen-bond acceptors (Lipinski definition) is 6. The molecule has 0 fully saturated rings. The smallest absolute Gasteiger partial charge is 0.249 e. The molecule has 2 N–H and O–H groups in total. The molecule has 0 aliphatic heterocycles. The predicted octanol–water partition coefficient (Wildman–Crippen LogP) is 3.54. The van der Waals surface area contributed by atoms with Crippen molar-refractivity contribution >= 4 is 23.1 Å². The van der Waals surface area contributed by atoms with Gasteiger partial charge in [0.25, 0.3) is 0 Å². The van der Waals surface area contributed by atoms with Crippen LogP contribution in [0.25, 0.3) is 0 Å². The molecule has 0 amide bonds. The summed E-state index contributed by atoms with van der Waals surface area (Å²) in [5, 5.41) is 23.0. The average Bonchev–Trinajstić information content (AvgIpc) is 2.58. The number of nitrogens with one attached hydrogen (secondary N) is 2. The van der Waals surface area contributed by atoms with Crippen LogP contribution >= 0.6 is 0 Å². The van der Waals surface area contributed by atoms with Crippen LogP contribution in [0.3, 0.4) is 0 Å². The zero-order valence-electron chi connectivity index (χ0n) is 12.5. The Morgan fingerprint density at radius 1 is 1.00 bits per heavy atom. The fraction of sp³-hybridized carbons (Fsp3) is 0.0588. The minimum atomic E-state index is 0.415. The van der Waals surface area contributed by atoms with E-state index in [2.05, 4.69) is 31.9 Å².